The molecule has 0 spiro atoms. The Morgan fingerprint density at radius 1 is 1.60 bits per heavy atom. The Morgan fingerprint density at radius 3 is 3.07 bits per heavy atom. The number of hydrogen-bond acceptors (Lipinski definition) is 2. The lowest BCUT2D eigenvalue weighted by Gasteiger charge is -2.18. The predicted octanol–water partition coefficient (Wildman–Crippen LogP) is -0.848. The summed E-state index contributed by atoms with van der Waals surface area (Å²) in [5.41, 5.74) is 0. The first-order valence-corrected chi connectivity index (χ1v) is 6.27. The third-order valence-electron chi connectivity index (χ3n) is 2.76. The third-order valence-corrected chi connectivity index (χ3v) is 3.57. The van der Waals surface area contributed by atoms with Crippen molar-refractivity contribution in [2.75, 3.05) is 13.1 Å². The monoisotopic (exact) mass is 227 g/mol. The van der Waals surface area contributed by atoms with Gasteiger partial charge in [0, 0.05) is 18.8 Å². The fourth-order valence-electron chi connectivity index (χ4n) is 1.87. The van der Waals surface area contributed by atoms with E-state index in [0.29, 0.717) is 6.54 Å². The molecule has 82 valence electrons. The van der Waals surface area contributed by atoms with Gasteiger partial charge < -0.3 is 10.6 Å². The van der Waals surface area contributed by atoms with Crippen LogP contribution in [0.1, 0.15) is 17.8 Å². The van der Waals surface area contributed by atoms with E-state index in [9.17, 15) is 4.79 Å². The molecule has 0 bridgehead atoms. The van der Waals surface area contributed by atoms with Crippen molar-refractivity contribution in [2.24, 2.45) is 5.92 Å². The summed E-state index contributed by atoms with van der Waals surface area (Å²) in [6.45, 7) is 2.81. The zero-order valence-electron chi connectivity index (χ0n) is 8.66. The highest BCUT2D eigenvalue weighted by Gasteiger charge is 2.22. The van der Waals surface area contributed by atoms with Gasteiger partial charge in [-0.15, -0.1) is 0 Å². The lowest BCUT2D eigenvalue weighted by atomic mass is 9.97. The van der Waals surface area contributed by atoms with Crippen LogP contribution in [0.4, 0.5) is 0 Å². The molecule has 15 heavy (non-hydrogen) atoms. The molecule has 4 nitrogen and oxygen atoms in total. The molecule has 1 amide bonds. The van der Waals surface area contributed by atoms with E-state index in [-0.39, 0.29) is 11.8 Å². The number of carbonyl (C=O) groups excluding carboxylic acids is 1. The number of H-pyrrole nitrogens is 1. The molecular formula is C10H17N3OS+2. The number of rotatable bonds is 3. The van der Waals surface area contributed by atoms with E-state index in [1.54, 1.807) is 11.3 Å². The summed E-state index contributed by atoms with van der Waals surface area (Å²) in [5.74, 6) is 0.444. The Hall–Kier alpha value is -0.940. The minimum atomic E-state index is 0.213. The second kappa shape index (κ2) is 5.23. The maximum absolute atomic E-state index is 11.8. The topological polar surface area (TPSA) is 59.9 Å². The number of carbonyl (C=O) groups is 1. The van der Waals surface area contributed by atoms with Gasteiger partial charge in [0.1, 0.15) is 6.54 Å². The molecule has 1 aromatic heterocycles. The number of hydrogen-bond donors (Lipinski definition) is 2. The highest BCUT2D eigenvalue weighted by molar-refractivity contribution is 7.09. The van der Waals surface area contributed by atoms with Crippen molar-refractivity contribution in [1.29, 1.82) is 0 Å². The number of aromatic amines is 1. The second-order valence-electron chi connectivity index (χ2n) is 3.85. The number of thiazole rings is 1. The maximum Gasteiger partial charge on any atom is 0.255 e. The minimum Gasteiger partial charge on any atom is -0.346 e. The fraction of sp³-hybridized carbons (Fsp3) is 0.600. The van der Waals surface area contributed by atoms with Gasteiger partial charge in [-0.2, -0.15) is 0 Å². The van der Waals surface area contributed by atoms with Gasteiger partial charge in [-0.05, 0) is 0 Å². The van der Waals surface area contributed by atoms with Crippen molar-refractivity contribution in [2.45, 2.75) is 19.4 Å². The molecule has 1 aliphatic rings. The average molecular weight is 227 g/mol. The van der Waals surface area contributed by atoms with E-state index < -0.39 is 0 Å². The minimum absolute atomic E-state index is 0.213. The second-order valence-corrected chi connectivity index (χ2v) is 4.85. The molecule has 4 N–H and O–H groups in total. The first kappa shape index (κ1) is 10.6. The molecular weight excluding hydrogens is 210 g/mol. The molecule has 0 atom stereocenters. The van der Waals surface area contributed by atoms with Crippen LogP contribution in [-0.2, 0) is 11.3 Å². The van der Waals surface area contributed by atoms with E-state index in [0.717, 1.165) is 30.9 Å². The predicted molar refractivity (Wildman–Crippen MR) is 57.1 cm³/mol. The molecule has 0 aliphatic carbocycles. The van der Waals surface area contributed by atoms with Crippen molar-refractivity contribution in [3.05, 3.63) is 16.6 Å². The quantitative estimate of drug-likeness (QED) is 0.694. The van der Waals surface area contributed by atoms with Gasteiger partial charge in [0.15, 0.2) is 6.20 Å². The number of nitrogens with one attached hydrogen (secondary N) is 2. The Balaban J connectivity index is 1.76. The first-order chi connectivity index (χ1) is 7.36. The SMILES string of the molecule is O=C(NCc1[nH+]ccs1)C1CC[NH2+]CC1. The van der Waals surface area contributed by atoms with Crippen molar-refractivity contribution >= 4 is 17.2 Å². The first-order valence-electron chi connectivity index (χ1n) is 5.39. The number of nitrogens with two attached hydrogens (primary N) is 1. The zero-order chi connectivity index (χ0) is 10.5. The molecule has 2 heterocycles. The Bertz CT molecular complexity index is 306. The van der Waals surface area contributed by atoms with Crippen LogP contribution in [0.5, 0.6) is 0 Å². The molecule has 0 radical (unpaired) electrons. The van der Waals surface area contributed by atoms with Gasteiger partial charge in [-0.25, -0.2) is 4.98 Å². The van der Waals surface area contributed by atoms with Crippen molar-refractivity contribution in [3.63, 3.8) is 0 Å². The van der Waals surface area contributed by atoms with E-state index in [1.165, 1.54) is 0 Å². The van der Waals surface area contributed by atoms with E-state index >= 15 is 0 Å². The van der Waals surface area contributed by atoms with Crippen LogP contribution in [0.25, 0.3) is 0 Å². The molecule has 5 heteroatoms. The molecule has 2 rings (SSSR count). The largest absolute Gasteiger partial charge is 0.346 e. The molecule has 1 aliphatic heterocycles. The van der Waals surface area contributed by atoms with Crippen LogP contribution in [0, 0.1) is 5.92 Å². The Morgan fingerprint density at radius 2 is 2.40 bits per heavy atom. The molecule has 0 unspecified atom stereocenters. The number of quaternary nitrogens is 1. The van der Waals surface area contributed by atoms with E-state index in [1.807, 2.05) is 11.6 Å². The van der Waals surface area contributed by atoms with Crippen LogP contribution in [0.3, 0.4) is 0 Å². The number of amides is 1. The Kier molecular flexibility index (Phi) is 3.69. The normalized spacial score (nSPS) is 17.6. The van der Waals surface area contributed by atoms with Gasteiger partial charge in [0.2, 0.25) is 5.91 Å². The summed E-state index contributed by atoms with van der Waals surface area (Å²) in [4.78, 5) is 14.9. The molecule has 1 saturated heterocycles. The summed E-state index contributed by atoms with van der Waals surface area (Å²) in [6, 6.07) is 0. The van der Waals surface area contributed by atoms with Gasteiger partial charge in [0.25, 0.3) is 5.01 Å². The van der Waals surface area contributed by atoms with Gasteiger partial charge in [-0.3, -0.25) is 4.79 Å². The molecule has 0 aromatic carbocycles. The summed E-state index contributed by atoms with van der Waals surface area (Å²) in [5, 5.41) is 8.34. The number of aromatic nitrogens is 1. The molecule has 0 saturated carbocycles. The third kappa shape index (κ3) is 3.00. The smallest absolute Gasteiger partial charge is 0.255 e. The van der Waals surface area contributed by atoms with Crippen LogP contribution in [0.15, 0.2) is 11.6 Å². The summed E-state index contributed by atoms with van der Waals surface area (Å²) < 4.78 is 0. The molecule has 1 aromatic rings. The highest BCUT2D eigenvalue weighted by atomic mass is 32.1. The maximum atomic E-state index is 11.8. The average Bonchev–Trinajstić information content (AvgIpc) is 2.80. The van der Waals surface area contributed by atoms with Crippen molar-refractivity contribution < 1.29 is 15.1 Å². The summed E-state index contributed by atoms with van der Waals surface area (Å²) in [7, 11) is 0. The van der Waals surface area contributed by atoms with Crippen LogP contribution in [0.2, 0.25) is 0 Å². The fourth-order valence-corrected chi connectivity index (χ4v) is 2.46. The van der Waals surface area contributed by atoms with Crippen LogP contribution >= 0.6 is 11.3 Å². The molecule has 1 fully saturated rings. The lowest BCUT2D eigenvalue weighted by molar-refractivity contribution is -0.664. The number of piperidine rings is 1. The van der Waals surface area contributed by atoms with E-state index in [2.05, 4.69) is 15.6 Å². The van der Waals surface area contributed by atoms with Crippen LogP contribution < -0.4 is 15.6 Å². The van der Waals surface area contributed by atoms with Crippen LogP contribution in [-0.4, -0.2) is 19.0 Å². The Labute approximate surface area is 93.1 Å². The zero-order valence-corrected chi connectivity index (χ0v) is 9.48. The summed E-state index contributed by atoms with van der Waals surface area (Å²) in [6.07, 6.45) is 3.92. The lowest BCUT2D eigenvalue weighted by Crippen LogP contribution is -2.86. The standard InChI is InChI=1S/C10H15N3OS/c14-10(8-1-3-11-4-2-8)13-7-9-12-5-6-15-9/h5-6,8,11H,1-4,7H2,(H,13,14)/p+2. The highest BCUT2D eigenvalue weighted by Crippen LogP contribution is 2.09. The van der Waals surface area contributed by atoms with Gasteiger partial charge in [0.05, 0.1) is 18.5 Å². The van der Waals surface area contributed by atoms with Crippen molar-refractivity contribution in [3.8, 4) is 0 Å². The van der Waals surface area contributed by atoms with E-state index in [4.69, 9.17) is 0 Å². The van der Waals surface area contributed by atoms with Gasteiger partial charge >= 0.3 is 0 Å². The van der Waals surface area contributed by atoms with Crippen molar-refractivity contribution in [1.82, 2.24) is 5.32 Å². The van der Waals surface area contributed by atoms with Gasteiger partial charge in [-0.1, -0.05) is 11.3 Å². The summed E-state index contributed by atoms with van der Waals surface area (Å²) >= 11 is 1.64.